The monoisotopic (exact) mass is 316 g/mol. The van der Waals surface area contributed by atoms with Crippen LogP contribution in [-0.4, -0.2) is 33.0 Å². The van der Waals surface area contributed by atoms with Gasteiger partial charge in [-0.15, -0.1) is 12.3 Å². The quantitative estimate of drug-likeness (QED) is 0.484. The van der Waals surface area contributed by atoms with Crippen LogP contribution in [-0.2, 0) is 4.79 Å². The van der Waals surface area contributed by atoms with Crippen molar-refractivity contribution < 1.29 is 15.0 Å². The molecule has 0 fully saturated rings. The number of benzene rings is 1. The van der Waals surface area contributed by atoms with Crippen molar-refractivity contribution in [1.82, 2.24) is 10.3 Å². The Kier molecular flexibility index (Phi) is 5.26. The molecule has 2 aromatic rings. The lowest BCUT2D eigenvalue weighted by atomic mass is 9.98. The minimum absolute atomic E-state index is 0.0720. The molecule has 0 radical (unpaired) electrons. The number of hydrogen-bond acceptors (Lipinski definition) is 5. The Morgan fingerprint density at radius 3 is 2.86 bits per heavy atom. The molecule has 1 aromatic heterocycles. The van der Waals surface area contributed by atoms with Gasteiger partial charge >= 0.3 is 5.97 Å². The van der Waals surface area contributed by atoms with Gasteiger partial charge in [0, 0.05) is 29.8 Å². The Morgan fingerprint density at radius 1 is 1.45 bits per heavy atom. The molecule has 0 saturated carbocycles. The number of hydrogen-bond donors (Lipinski definition) is 4. The Balaban J connectivity index is 2.47. The number of fused-ring (bicyclic) bond motifs is 1. The van der Waals surface area contributed by atoms with E-state index in [1.165, 1.54) is 6.07 Å². The molecule has 0 aliphatic carbocycles. The van der Waals surface area contributed by atoms with Gasteiger partial charge < -0.3 is 10.2 Å². The smallest absolute Gasteiger partial charge is 0.321 e. The fourth-order valence-electron chi connectivity index (χ4n) is 2.31. The number of aliphatic carboxylic acids is 1. The molecule has 0 bridgehead atoms. The summed E-state index contributed by atoms with van der Waals surface area (Å²) in [6.45, 7) is 0. The summed E-state index contributed by atoms with van der Waals surface area (Å²) >= 11 is 4.05. The summed E-state index contributed by atoms with van der Waals surface area (Å²) in [5.74, 6) is 1.78. The summed E-state index contributed by atoms with van der Waals surface area (Å²) in [5.41, 5.74) is 1.26. The van der Waals surface area contributed by atoms with Crippen molar-refractivity contribution in [2.45, 2.75) is 18.5 Å². The van der Waals surface area contributed by atoms with Crippen LogP contribution >= 0.6 is 12.6 Å². The Morgan fingerprint density at radius 2 is 2.23 bits per heavy atom. The number of thiol groups is 1. The molecule has 2 atom stereocenters. The van der Waals surface area contributed by atoms with E-state index in [1.54, 1.807) is 18.3 Å². The standard InChI is InChI=1S/C16H16N2O3S/c1-2-4-12(18-13(9-22)16(20)21)10-6-7-14(19)15-11(10)5-3-8-17-15/h1,3,5-8,12-13,18-19,22H,4,9H2,(H,20,21)/t12?,13-/m0/s1. The van der Waals surface area contributed by atoms with Crippen LogP contribution in [0.15, 0.2) is 30.5 Å². The van der Waals surface area contributed by atoms with Crippen LogP contribution in [0.5, 0.6) is 5.75 Å². The van der Waals surface area contributed by atoms with Crippen LogP contribution in [0.3, 0.4) is 0 Å². The van der Waals surface area contributed by atoms with Gasteiger partial charge in [-0.05, 0) is 17.7 Å². The maximum absolute atomic E-state index is 11.2. The summed E-state index contributed by atoms with van der Waals surface area (Å²) in [4.78, 5) is 15.4. The number of carboxylic acids is 1. The first-order chi connectivity index (χ1) is 10.6. The molecular formula is C16H16N2O3S. The second-order valence-corrected chi connectivity index (χ2v) is 5.14. The average molecular weight is 316 g/mol. The predicted molar refractivity (Wildman–Crippen MR) is 88.0 cm³/mol. The summed E-state index contributed by atoms with van der Waals surface area (Å²) in [7, 11) is 0. The molecule has 0 amide bonds. The zero-order valence-electron chi connectivity index (χ0n) is 11.7. The summed E-state index contributed by atoms with van der Waals surface area (Å²) in [6.07, 6.45) is 7.31. The third-order valence-electron chi connectivity index (χ3n) is 3.36. The van der Waals surface area contributed by atoms with Gasteiger partial charge in [-0.1, -0.05) is 12.1 Å². The Labute approximate surface area is 133 Å². The van der Waals surface area contributed by atoms with Gasteiger partial charge in [-0.3, -0.25) is 15.1 Å². The number of aromatic nitrogens is 1. The minimum Gasteiger partial charge on any atom is -0.506 e. The fraction of sp³-hybridized carbons (Fsp3) is 0.250. The highest BCUT2D eigenvalue weighted by molar-refractivity contribution is 7.80. The van der Waals surface area contributed by atoms with Crippen molar-refractivity contribution in [2.24, 2.45) is 0 Å². The van der Waals surface area contributed by atoms with Gasteiger partial charge in [0.05, 0.1) is 0 Å². The third kappa shape index (κ3) is 3.32. The van der Waals surface area contributed by atoms with Gasteiger partial charge in [0.1, 0.15) is 17.3 Å². The number of phenolic OH excluding ortho intramolecular Hbond substituents is 1. The molecule has 0 aliphatic rings. The number of carboxylic acid groups (broad SMARTS) is 1. The first kappa shape index (κ1) is 16.1. The van der Waals surface area contributed by atoms with E-state index in [1.807, 2.05) is 6.07 Å². The Hall–Kier alpha value is -2.23. The minimum atomic E-state index is -0.988. The number of rotatable bonds is 6. The predicted octanol–water partition coefficient (Wildman–Crippen LogP) is 1.98. The summed E-state index contributed by atoms with van der Waals surface area (Å²) in [6, 6.07) is 5.65. The van der Waals surface area contributed by atoms with Crippen LogP contribution in [0.25, 0.3) is 10.9 Å². The molecule has 1 aromatic carbocycles. The number of pyridine rings is 1. The van der Waals surface area contributed by atoms with E-state index in [-0.39, 0.29) is 17.5 Å². The third-order valence-corrected chi connectivity index (χ3v) is 3.73. The van der Waals surface area contributed by atoms with E-state index in [4.69, 9.17) is 6.42 Å². The van der Waals surface area contributed by atoms with Crippen LogP contribution in [0.4, 0.5) is 0 Å². The molecule has 5 nitrogen and oxygen atoms in total. The van der Waals surface area contributed by atoms with Crippen LogP contribution in [0.2, 0.25) is 0 Å². The zero-order chi connectivity index (χ0) is 16.1. The maximum atomic E-state index is 11.2. The first-order valence-corrected chi connectivity index (χ1v) is 7.31. The van der Waals surface area contributed by atoms with Crippen LogP contribution in [0, 0.1) is 12.3 Å². The number of terminal acetylenes is 1. The molecule has 6 heteroatoms. The molecular weight excluding hydrogens is 300 g/mol. The fourth-order valence-corrected chi connectivity index (χ4v) is 2.57. The molecule has 0 aliphatic heterocycles. The van der Waals surface area contributed by atoms with Gasteiger partial charge in [0.15, 0.2) is 0 Å². The number of nitrogens with one attached hydrogen (secondary N) is 1. The largest absolute Gasteiger partial charge is 0.506 e. The number of aromatic hydroxyl groups is 1. The van der Waals surface area contributed by atoms with E-state index < -0.39 is 12.0 Å². The van der Waals surface area contributed by atoms with Crippen molar-refractivity contribution in [3.63, 3.8) is 0 Å². The van der Waals surface area contributed by atoms with Crippen LogP contribution in [0.1, 0.15) is 18.0 Å². The van der Waals surface area contributed by atoms with E-state index in [2.05, 4.69) is 28.8 Å². The number of nitrogens with zero attached hydrogens (tertiary/aromatic N) is 1. The molecule has 3 N–H and O–H groups in total. The maximum Gasteiger partial charge on any atom is 0.321 e. The lowest BCUT2D eigenvalue weighted by molar-refractivity contribution is -0.139. The molecule has 0 spiro atoms. The van der Waals surface area contributed by atoms with E-state index in [0.29, 0.717) is 11.9 Å². The van der Waals surface area contributed by atoms with E-state index in [9.17, 15) is 15.0 Å². The van der Waals surface area contributed by atoms with Crippen molar-refractivity contribution >= 4 is 29.5 Å². The lowest BCUT2D eigenvalue weighted by Gasteiger charge is -2.22. The second-order valence-electron chi connectivity index (χ2n) is 4.77. The average Bonchev–Trinajstić information content (AvgIpc) is 2.52. The van der Waals surface area contributed by atoms with Gasteiger partial charge in [-0.2, -0.15) is 12.6 Å². The molecule has 22 heavy (non-hydrogen) atoms. The highest BCUT2D eigenvalue weighted by atomic mass is 32.1. The van der Waals surface area contributed by atoms with Gasteiger partial charge in [0.25, 0.3) is 0 Å². The van der Waals surface area contributed by atoms with Gasteiger partial charge in [0.2, 0.25) is 0 Å². The summed E-state index contributed by atoms with van der Waals surface area (Å²) < 4.78 is 0. The zero-order valence-corrected chi connectivity index (χ0v) is 12.6. The van der Waals surface area contributed by atoms with Crippen molar-refractivity contribution in [3.8, 4) is 18.1 Å². The van der Waals surface area contributed by atoms with Crippen LogP contribution < -0.4 is 5.32 Å². The number of carbonyl (C=O) groups is 1. The van der Waals surface area contributed by atoms with Crippen molar-refractivity contribution in [2.75, 3.05) is 5.75 Å². The second kappa shape index (κ2) is 7.16. The highest BCUT2D eigenvalue weighted by Crippen LogP contribution is 2.30. The van der Waals surface area contributed by atoms with E-state index >= 15 is 0 Å². The molecule has 2 rings (SSSR count). The first-order valence-electron chi connectivity index (χ1n) is 6.68. The van der Waals surface area contributed by atoms with Crippen molar-refractivity contribution in [3.05, 3.63) is 36.0 Å². The highest BCUT2D eigenvalue weighted by Gasteiger charge is 2.22. The van der Waals surface area contributed by atoms with E-state index in [0.717, 1.165) is 10.9 Å². The molecule has 1 unspecified atom stereocenters. The van der Waals surface area contributed by atoms with Gasteiger partial charge in [-0.25, -0.2) is 0 Å². The summed E-state index contributed by atoms with van der Waals surface area (Å²) in [5, 5.41) is 22.8. The van der Waals surface area contributed by atoms with Crippen molar-refractivity contribution in [1.29, 1.82) is 0 Å². The Bertz CT molecular complexity index is 727. The lowest BCUT2D eigenvalue weighted by Crippen LogP contribution is -2.40. The molecule has 1 heterocycles. The SMILES string of the molecule is C#CCC(N[C@@H](CS)C(=O)O)c1ccc(O)c2ncccc12. The normalized spacial score (nSPS) is 13.5. The number of phenols is 1. The molecule has 0 saturated heterocycles. The topological polar surface area (TPSA) is 82.5 Å². The molecule has 114 valence electrons.